The first kappa shape index (κ1) is 14.6. The molecule has 0 N–H and O–H groups in total. The van der Waals surface area contributed by atoms with E-state index in [1.54, 1.807) is 0 Å². The Morgan fingerprint density at radius 1 is 0.850 bits per heavy atom. The Bertz CT molecular complexity index is 574. The summed E-state index contributed by atoms with van der Waals surface area (Å²) in [5, 5.41) is 0. The van der Waals surface area contributed by atoms with Crippen LogP contribution in [0.15, 0.2) is 42.5 Å². The highest BCUT2D eigenvalue weighted by Crippen LogP contribution is 2.24. The van der Waals surface area contributed by atoms with Gasteiger partial charge in [0.25, 0.3) is 0 Å². The van der Waals surface area contributed by atoms with Crippen molar-refractivity contribution in [1.29, 1.82) is 0 Å². The minimum absolute atomic E-state index is 0.187. The molecule has 0 aliphatic heterocycles. The Kier molecular flexibility index (Phi) is 4.17. The highest BCUT2D eigenvalue weighted by atomic mass is 16.5. The standard InChI is InChI=1S/C19H24O/c1-14-6-7-16(12-15(14)2)13-20-18-10-8-17(9-11-18)19(3,4)5/h6-12H,13H2,1-5H3. The molecule has 0 aliphatic carbocycles. The van der Waals surface area contributed by atoms with Gasteiger partial charge in [0.15, 0.2) is 0 Å². The first-order valence-corrected chi connectivity index (χ1v) is 7.16. The number of aryl methyl sites for hydroxylation is 2. The Morgan fingerprint density at radius 3 is 2.05 bits per heavy atom. The van der Waals surface area contributed by atoms with Crippen molar-refractivity contribution in [2.24, 2.45) is 0 Å². The van der Waals surface area contributed by atoms with Gasteiger partial charge in [0.2, 0.25) is 0 Å². The molecule has 1 heteroatoms. The zero-order valence-corrected chi connectivity index (χ0v) is 13.2. The van der Waals surface area contributed by atoms with Crippen molar-refractivity contribution in [3.63, 3.8) is 0 Å². The molecule has 1 nitrogen and oxygen atoms in total. The van der Waals surface area contributed by atoms with Crippen LogP contribution in [-0.4, -0.2) is 0 Å². The smallest absolute Gasteiger partial charge is 0.119 e. The predicted molar refractivity (Wildman–Crippen MR) is 85.4 cm³/mol. The van der Waals surface area contributed by atoms with Crippen molar-refractivity contribution < 1.29 is 4.74 Å². The van der Waals surface area contributed by atoms with E-state index in [9.17, 15) is 0 Å². The van der Waals surface area contributed by atoms with Crippen molar-refractivity contribution >= 4 is 0 Å². The summed E-state index contributed by atoms with van der Waals surface area (Å²) in [7, 11) is 0. The molecular formula is C19H24O. The summed E-state index contributed by atoms with van der Waals surface area (Å²) < 4.78 is 5.85. The predicted octanol–water partition coefficient (Wildman–Crippen LogP) is 5.18. The molecule has 0 aromatic heterocycles. The molecule has 0 saturated heterocycles. The lowest BCUT2D eigenvalue weighted by Gasteiger charge is -2.19. The number of ether oxygens (including phenoxy) is 1. The van der Waals surface area contributed by atoms with Crippen molar-refractivity contribution in [1.82, 2.24) is 0 Å². The van der Waals surface area contributed by atoms with E-state index in [0.717, 1.165) is 5.75 Å². The molecule has 2 rings (SSSR count). The average Bonchev–Trinajstić information content (AvgIpc) is 2.40. The summed E-state index contributed by atoms with van der Waals surface area (Å²) in [5.74, 6) is 0.927. The Hall–Kier alpha value is -1.76. The second-order valence-corrected chi connectivity index (χ2v) is 6.48. The highest BCUT2D eigenvalue weighted by Gasteiger charge is 2.12. The zero-order chi connectivity index (χ0) is 14.8. The third-order valence-corrected chi connectivity index (χ3v) is 3.70. The van der Waals surface area contributed by atoms with E-state index < -0.39 is 0 Å². The minimum Gasteiger partial charge on any atom is -0.489 e. The summed E-state index contributed by atoms with van der Waals surface area (Å²) in [6, 6.07) is 14.9. The van der Waals surface area contributed by atoms with Crippen molar-refractivity contribution in [3.05, 3.63) is 64.7 Å². The van der Waals surface area contributed by atoms with Crippen LogP contribution in [0.5, 0.6) is 5.75 Å². The lowest BCUT2D eigenvalue weighted by molar-refractivity contribution is 0.306. The molecule has 106 valence electrons. The van der Waals surface area contributed by atoms with Gasteiger partial charge >= 0.3 is 0 Å². The topological polar surface area (TPSA) is 9.23 Å². The van der Waals surface area contributed by atoms with Gasteiger partial charge in [-0.25, -0.2) is 0 Å². The summed E-state index contributed by atoms with van der Waals surface area (Å²) in [4.78, 5) is 0. The lowest BCUT2D eigenvalue weighted by atomic mass is 9.87. The number of hydrogen-bond acceptors (Lipinski definition) is 1. The van der Waals surface area contributed by atoms with Crippen LogP contribution in [0, 0.1) is 13.8 Å². The molecule has 0 atom stereocenters. The van der Waals surface area contributed by atoms with E-state index in [1.165, 1.54) is 22.3 Å². The quantitative estimate of drug-likeness (QED) is 0.745. The van der Waals surface area contributed by atoms with Crippen molar-refractivity contribution in [2.75, 3.05) is 0 Å². The average molecular weight is 268 g/mol. The first-order valence-electron chi connectivity index (χ1n) is 7.16. The van der Waals surface area contributed by atoms with Gasteiger partial charge < -0.3 is 4.74 Å². The van der Waals surface area contributed by atoms with Gasteiger partial charge in [-0.3, -0.25) is 0 Å². The second kappa shape index (κ2) is 5.70. The fraction of sp³-hybridized carbons (Fsp3) is 0.368. The number of benzene rings is 2. The fourth-order valence-corrected chi connectivity index (χ4v) is 2.11. The van der Waals surface area contributed by atoms with Gasteiger partial charge in [0, 0.05) is 0 Å². The van der Waals surface area contributed by atoms with Gasteiger partial charge in [-0.05, 0) is 53.6 Å². The number of hydrogen-bond donors (Lipinski definition) is 0. The van der Waals surface area contributed by atoms with E-state index in [0.29, 0.717) is 6.61 Å². The zero-order valence-electron chi connectivity index (χ0n) is 13.2. The van der Waals surface area contributed by atoms with Crippen molar-refractivity contribution in [2.45, 2.75) is 46.6 Å². The number of rotatable bonds is 3. The first-order chi connectivity index (χ1) is 9.36. The summed E-state index contributed by atoms with van der Waals surface area (Å²) in [6.45, 7) is 11.5. The van der Waals surface area contributed by atoms with Crippen LogP contribution >= 0.6 is 0 Å². The Morgan fingerprint density at radius 2 is 1.50 bits per heavy atom. The van der Waals surface area contributed by atoms with Crippen LogP contribution in [0.3, 0.4) is 0 Å². The van der Waals surface area contributed by atoms with Crippen molar-refractivity contribution in [3.8, 4) is 5.75 Å². The Balaban J connectivity index is 2.02. The molecule has 0 amide bonds. The van der Waals surface area contributed by atoms with E-state index in [1.807, 2.05) is 0 Å². The normalized spacial score (nSPS) is 11.4. The fourth-order valence-electron chi connectivity index (χ4n) is 2.11. The maximum atomic E-state index is 5.85. The molecule has 0 heterocycles. The van der Waals surface area contributed by atoms with Gasteiger partial charge in [-0.2, -0.15) is 0 Å². The molecule has 2 aromatic rings. The largest absolute Gasteiger partial charge is 0.489 e. The maximum Gasteiger partial charge on any atom is 0.119 e. The van der Waals surface area contributed by atoms with Crippen LogP contribution < -0.4 is 4.74 Å². The van der Waals surface area contributed by atoms with Gasteiger partial charge in [0.1, 0.15) is 12.4 Å². The van der Waals surface area contributed by atoms with Gasteiger partial charge in [0.05, 0.1) is 0 Å². The van der Waals surface area contributed by atoms with Gasteiger partial charge in [-0.15, -0.1) is 0 Å². The highest BCUT2D eigenvalue weighted by molar-refractivity contribution is 5.32. The summed E-state index contributed by atoms with van der Waals surface area (Å²) in [6.07, 6.45) is 0. The molecule has 0 fully saturated rings. The third-order valence-electron chi connectivity index (χ3n) is 3.70. The molecule has 2 aromatic carbocycles. The van der Waals surface area contributed by atoms with Crippen LogP contribution in [-0.2, 0) is 12.0 Å². The van der Waals surface area contributed by atoms with E-state index in [4.69, 9.17) is 4.74 Å². The molecule has 0 bridgehead atoms. The minimum atomic E-state index is 0.187. The van der Waals surface area contributed by atoms with Crippen LogP contribution in [0.1, 0.15) is 43.0 Å². The van der Waals surface area contributed by atoms with E-state index >= 15 is 0 Å². The summed E-state index contributed by atoms with van der Waals surface area (Å²) in [5.41, 5.74) is 5.37. The van der Waals surface area contributed by atoms with Crippen LogP contribution in [0.2, 0.25) is 0 Å². The third kappa shape index (κ3) is 3.63. The maximum absolute atomic E-state index is 5.85. The second-order valence-electron chi connectivity index (χ2n) is 6.48. The Labute approximate surface area is 122 Å². The summed E-state index contributed by atoms with van der Waals surface area (Å²) >= 11 is 0. The molecule has 0 spiro atoms. The molecule has 20 heavy (non-hydrogen) atoms. The van der Waals surface area contributed by atoms with Gasteiger partial charge in [-0.1, -0.05) is 51.1 Å². The molecule has 0 radical (unpaired) electrons. The van der Waals surface area contributed by atoms with Crippen LogP contribution in [0.4, 0.5) is 0 Å². The molecule has 0 saturated carbocycles. The molecule has 0 unspecified atom stereocenters. The van der Waals surface area contributed by atoms with E-state index in [-0.39, 0.29) is 5.41 Å². The van der Waals surface area contributed by atoms with Crippen LogP contribution in [0.25, 0.3) is 0 Å². The monoisotopic (exact) mass is 268 g/mol. The van der Waals surface area contributed by atoms with E-state index in [2.05, 4.69) is 77.1 Å². The molecular weight excluding hydrogens is 244 g/mol. The lowest BCUT2D eigenvalue weighted by Crippen LogP contribution is -2.10. The molecule has 0 aliphatic rings. The SMILES string of the molecule is Cc1ccc(COc2ccc(C(C)(C)C)cc2)cc1C.